The maximum absolute atomic E-state index is 13.2. The van der Waals surface area contributed by atoms with Gasteiger partial charge in [-0.25, -0.2) is 4.39 Å². The van der Waals surface area contributed by atoms with Crippen molar-refractivity contribution in [1.29, 1.82) is 0 Å². The van der Waals surface area contributed by atoms with Crippen molar-refractivity contribution in [3.05, 3.63) is 35.6 Å². The van der Waals surface area contributed by atoms with Crippen molar-refractivity contribution in [1.82, 2.24) is 0 Å². The first-order chi connectivity index (χ1) is 13.3. The molecule has 0 aliphatic carbocycles. The van der Waals surface area contributed by atoms with E-state index in [1.165, 1.54) is 37.8 Å². The predicted octanol–water partition coefficient (Wildman–Crippen LogP) is 6.62. The normalized spacial score (nSPS) is 13.5. The molecule has 0 aromatic heterocycles. The molecule has 0 saturated carbocycles. The second-order valence-electron chi connectivity index (χ2n) is 8.38. The first kappa shape index (κ1) is 25.1. The molecule has 0 fully saturated rings. The van der Waals surface area contributed by atoms with Crippen molar-refractivity contribution in [3.63, 3.8) is 0 Å². The Morgan fingerprint density at radius 1 is 0.857 bits per heavy atom. The monoisotopic (exact) mass is 396 g/mol. The Kier molecular flexibility index (Phi) is 11.9. The summed E-state index contributed by atoms with van der Waals surface area (Å²) >= 11 is 0. The van der Waals surface area contributed by atoms with E-state index in [2.05, 4.69) is 6.92 Å². The third-order valence-electron chi connectivity index (χ3n) is 4.93. The van der Waals surface area contributed by atoms with Gasteiger partial charge in [-0.15, -0.1) is 0 Å². The Bertz CT molecular complexity index is 503. The fraction of sp³-hybridized carbons (Fsp3) is 0.750. The molecule has 0 aliphatic heterocycles. The van der Waals surface area contributed by atoms with E-state index in [4.69, 9.17) is 9.47 Å². The first-order valence-electron chi connectivity index (χ1n) is 11.1. The zero-order valence-electron chi connectivity index (χ0n) is 18.5. The van der Waals surface area contributed by atoms with Gasteiger partial charge in [0.25, 0.3) is 5.97 Å². The number of benzene rings is 1. The average Bonchev–Trinajstić information content (AvgIpc) is 2.60. The Hall–Kier alpha value is -0.970. The van der Waals surface area contributed by atoms with Crippen LogP contribution in [-0.4, -0.2) is 23.3 Å². The van der Waals surface area contributed by atoms with Crippen LogP contribution in [0.5, 0.6) is 0 Å². The largest absolute Gasteiger partial charge is 0.343 e. The quantitative estimate of drug-likeness (QED) is 0.267. The standard InChI is InChI=1S/C24H41FO3/c1-6-7-8-9-10-11-12-22(16-13-21-14-17-23(25)18-15-21)24(26,27-19(2)3)28-20(4)5/h14-15,17-20,22,26H,6-13,16H2,1-5H3. The lowest BCUT2D eigenvalue weighted by Gasteiger charge is -2.38. The van der Waals surface area contributed by atoms with Crippen LogP contribution in [-0.2, 0) is 15.9 Å². The van der Waals surface area contributed by atoms with Gasteiger partial charge in [-0.2, -0.15) is 0 Å². The van der Waals surface area contributed by atoms with Crippen LogP contribution in [0.25, 0.3) is 0 Å². The molecule has 0 saturated heterocycles. The molecule has 0 bridgehead atoms. The summed E-state index contributed by atoms with van der Waals surface area (Å²) in [7, 11) is 0. The molecule has 1 aromatic rings. The second kappa shape index (κ2) is 13.3. The highest BCUT2D eigenvalue weighted by atomic mass is 19.1. The highest BCUT2D eigenvalue weighted by molar-refractivity contribution is 5.16. The number of halogens is 1. The highest BCUT2D eigenvalue weighted by Gasteiger charge is 2.40. The Morgan fingerprint density at radius 3 is 1.93 bits per heavy atom. The van der Waals surface area contributed by atoms with Crippen LogP contribution in [0.4, 0.5) is 4.39 Å². The molecular weight excluding hydrogens is 355 g/mol. The minimum atomic E-state index is -1.59. The van der Waals surface area contributed by atoms with E-state index in [9.17, 15) is 9.50 Å². The van der Waals surface area contributed by atoms with Gasteiger partial charge in [0.15, 0.2) is 0 Å². The van der Waals surface area contributed by atoms with Crippen LogP contribution >= 0.6 is 0 Å². The fourth-order valence-corrected chi connectivity index (χ4v) is 3.57. The summed E-state index contributed by atoms with van der Waals surface area (Å²) in [5.74, 6) is -1.95. The first-order valence-corrected chi connectivity index (χ1v) is 11.1. The highest BCUT2D eigenvalue weighted by Crippen LogP contribution is 2.33. The number of ether oxygens (including phenoxy) is 2. The van der Waals surface area contributed by atoms with E-state index in [0.29, 0.717) is 0 Å². The van der Waals surface area contributed by atoms with Gasteiger partial charge >= 0.3 is 0 Å². The van der Waals surface area contributed by atoms with Gasteiger partial charge in [-0.1, -0.05) is 57.6 Å². The fourth-order valence-electron chi connectivity index (χ4n) is 3.57. The molecule has 1 atom stereocenters. The van der Waals surface area contributed by atoms with E-state index < -0.39 is 5.97 Å². The molecule has 0 heterocycles. The zero-order chi connectivity index (χ0) is 21.0. The number of hydrogen-bond acceptors (Lipinski definition) is 3. The molecule has 0 spiro atoms. The maximum Gasteiger partial charge on any atom is 0.283 e. The molecule has 0 amide bonds. The average molecular weight is 397 g/mol. The van der Waals surface area contributed by atoms with E-state index in [0.717, 1.165) is 37.7 Å². The van der Waals surface area contributed by atoms with Gasteiger partial charge in [0.05, 0.1) is 12.2 Å². The van der Waals surface area contributed by atoms with Crippen molar-refractivity contribution in [2.24, 2.45) is 5.92 Å². The van der Waals surface area contributed by atoms with Crippen LogP contribution in [0.2, 0.25) is 0 Å². The predicted molar refractivity (Wildman–Crippen MR) is 114 cm³/mol. The summed E-state index contributed by atoms with van der Waals surface area (Å²) in [6.45, 7) is 9.87. The maximum atomic E-state index is 13.2. The topological polar surface area (TPSA) is 38.7 Å². The molecule has 1 rings (SSSR count). The molecule has 4 heteroatoms. The van der Waals surface area contributed by atoms with E-state index in [1.54, 1.807) is 0 Å². The number of aryl methyl sites for hydroxylation is 1. The van der Waals surface area contributed by atoms with Gasteiger partial charge in [-0.3, -0.25) is 0 Å². The summed E-state index contributed by atoms with van der Waals surface area (Å²) < 4.78 is 25.0. The molecule has 1 aromatic carbocycles. The number of rotatable bonds is 15. The lowest BCUT2D eigenvalue weighted by molar-refractivity contribution is -0.407. The summed E-state index contributed by atoms with van der Waals surface area (Å²) in [6.07, 6.45) is 9.29. The van der Waals surface area contributed by atoms with Gasteiger partial charge in [0, 0.05) is 5.92 Å². The van der Waals surface area contributed by atoms with Crippen molar-refractivity contribution in [2.75, 3.05) is 0 Å². The molecular formula is C24H41FO3. The summed E-state index contributed by atoms with van der Waals surface area (Å²) in [5, 5.41) is 11.3. The van der Waals surface area contributed by atoms with Crippen LogP contribution < -0.4 is 0 Å². The summed E-state index contributed by atoms with van der Waals surface area (Å²) in [5.41, 5.74) is 1.06. The van der Waals surface area contributed by atoms with Crippen LogP contribution in [0.1, 0.15) is 91.5 Å². The van der Waals surface area contributed by atoms with E-state index in [1.807, 2.05) is 39.8 Å². The Morgan fingerprint density at radius 2 is 1.39 bits per heavy atom. The van der Waals surface area contributed by atoms with Gasteiger partial charge in [0.1, 0.15) is 5.82 Å². The van der Waals surface area contributed by atoms with E-state index >= 15 is 0 Å². The van der Waals surface area contributed by atoms with Crippen molar-refractivity contribution in [2.45, 2.75) is 111 Å². The third-order valence-corrected chi connectivity index (χ3v) is 4.93. The molecule has 3 nitrogen and oxygen atoms in total. The Labute approximate surface area is 171 Å². The summed E-state index contributed by atoms with van der Waals surface area (Å²) in [6, 6.07) is 6.59. The Balaban J connectivity index is 2.78. The minimum absolute atomic E-state index is 0.131. The third kappa shape index (κ3) is 9.99. The molecule has 0 radical (unpaired) electrons. The summed E-state index contributed by atoms with van der Waals surface area (Å²) in [4.78, 5) is 0. The van der Waals surface area contributed by atoms with Crippen molar-refractivity contribution in [3.8, 4) is 0 Å². The van der Waals surface area contributed by atoms with Gasteiger partial charge in [-0.05, 0) is 64.7 Å². The van der Waals surface area contributed by atoms with Crippen LogP contribution in [0.3, 0.4) is 0 Å². The molecule has 1 N–H and O–H groups in total. The van der Waals surface area contributed by atoms with Gasteiger partial charge in [0.2, 0.25) is 0 Å². The van der Waals surface area contributed by atoms with Crippen LogP contribution in [0.15, 0.2) is 24.3 Å². The van der Waals surface area contributed by atoms with Crippen LogP contribution in [0, 0.1) is 11.7 Å². The van der Waals surface area contributed by atoms with Crippen molar-refractivity contribution >= 4 is 0 Å². The number of hydrogen-bond donors (Lipinski definition) is 1. The molecule has 28 heavy (non-hydrogen) atoms. The molecule has 162 valence electrons. The lowest BCUT2D eigenvalue weighted by atomic mass is 9.91. The molecule has 1 unspecified atom stereocenters. The minimum Gasteiger partial charge on any atom is -0.343 e. The van der Waals surface area contributed by atoms with Gasteiger partial charge < -0.3 is 14.6 Å². The number of aliphatic hydroxyl groups is 1. The smallest absolute Gasteiger partial charge is 0.283 e. The zero-order valence-corrected chi connectivity index (χ0v) is 18.5. The van der Waals surface area contributed by atoms with E-state index in [-0.39, 0.29) is 23.9 Å². The lowest BCUT2D eigenvalue weighted by Crippen LogP contribution is -2.47. The van der Waals surface area contributed by atoms with Crippen molar-refractivity contribution < 1.29 is 19.0 Å². The second-order valence-corrected chi connectivity index (χ2v) is 8.38. The molecule has 0 aliphatic rings. The SMILES string of the molecule is CCCCCCCCC(CCc1ccc(F)cc1)C(O)(OC(C)C)OC(C)C. The number of unbranched alkanes of at least 4 members (excludes halogenated alkanes) is 5.